The highest BCUT2D eigenvalue weighted by Crippen LogP contribution is 2.43. The van der Waals surface area contributed by atoms with Gasteiger partial charge in [-0.05, 0) is 69.4 Å². The lowest BCUT2D eigenvalue weighted by Crippen LogP contribution is -2.58. The summed E-state index contributed by atoms with van der Waals surface area (Å²) in [5, 5.41) is 11.1. The molecule has 0 aromatic heterocycles. The predicted molar refractivity (Wildman–Crippen MR) is 146 cm³/mol. The van der Waals surface area contributed by atoms with E-state index in [-0.39, 0.29) is 30.8 Å². The zero-order valence-corrected chi connectivity index (χ0v) is 23.0. The fraction of sp³-hybridized carbons (Fsp3) is 0.655. The summed E-state index contributed by atoms with van der Waals surface area (Å²) in [6.07, 6.45) is 3.88. The van der Waals surface area contributed by atoms with Crippen LogP contribution in [0, 0.1) is 11.3 Å². The molecule has 0 bridgehead atoms. The van der Waals surface area contributed by atoms with Crippen molar-refractivity contribution in [2.75, 3.05) is 77.1 Å². The molecule has 6 rings (SSSR count). The molecule has 4 amide bonds. The van der Waals surface area contributed by atoms with Crippen molar-refractivity contribution in [2.24, 2.45) is 11.3 Å². The fourth-order valence-corrected chi connectivity index (χ4v) is 7.16. The Morgan fingerprint density at radius 2 is 1.70 bits per heavy atom. The topological polar surface area (TPSA) is 123 Å². The Balaban J connectivity index is 0.993. The number of nitrogens with one attached hydrogen (secondary N) is 1. The number of ether oxygens (including phenoxy) is 1. The van der Waals surface area contributed by atoms with Crippen molar-refractivity contribution < 1.29 is 29.0 Å². The molecule has 11 nitrogen and oxygen atoms in total. The molecular formula is C29H39N5O6. The molecule has 1 spiro atoms. The normalized spacial score (nSPS) is 25.6. The van der Waals surface area contributed by atoms with Crippen LogP contribution < -0.4 is 10.2 Å². The van der Waals surface area contributed by atoms with E-state index in [2.05, 4.69) is 20.0 Å². The zero-order chi connectivity index (χ0) is 27.9. The molecule has 5 heterocycles. The summed E-state index contributed by atoms with van der Waals surface area (Å²) in [5.41, 5.74) is 1.88. The first-order valence-electron chi connectivity index (χ1n) is 14.6. The van der Waals surface area contributed by atoms with Gasteiger partial charge in [0.15, 0.2) is 0 Å². The lowest BCUT2D eigenvalue weighted by atomic mass is 9.78. The largest absolute Gasteiger partial charge is 0.394 e. The summed E-state index contributed by atoms with van der Waals surface area (Å²) in [4.78, 5) is 58.4. The van der Waals surface area contributed by atoms with Crippen molar-refractivity contribution in [3.63, 3.8) is 0 Å². The van der Waals surface area contributed by atoms with Gasteiger partial charge in [-0.1, -0.05) is 0 Å². The van der Waals surface area contributed by atoms with Crippen molar-refractivity contribution in [3.8, 4) is 0 Å². The van der Waals surface area contributed by atoms with Crippen LogP contribution in [0.25, 0.3) is 0 Å². The third-order valence-electron chi connectivity index (χ3n) is 9.37. The average molecular weight is 554 g/mol. The number of piperidine rings is 2. The molecule has 1 unspecified atom stereocenters. The van der Waals surface area contributed by atoms with Gasteiger partial charge in [-0.3, -0.25) is 29.4 Å². The molecule has 1 aromatic rings. The Morgan fingerprint density at radius 3 is 2.45 bits per heavy atom. The molecule has 5 aliphatic rings. The van der Waals surface area contributed by atoms with E-state index >= 15 is 0 Å². The van der Waals surface area contributed by atoms with Gasteiger partial charge in [-0.2, -0.15) is 0 Å². The number of carbonyl (C=O) groups excluding carboxylic acids is 4. The van der Waals surface area contributed by atoms with Crippen LogP contribution >= 0.6 is 0 Å². The zero-order valence-electron chi connectivity index (χ0n) is 23.0. The first-order valence-corrected chi connectivity index (χ1v) is 14.6. The average Bonchev–Trinajstić information content (AvgIpc) is 3.46. The first kappa shape index (κ1) is 27.3. The van der Waals surface area contributed by atoms with Crippen molar-refractivity contribution in [2.45, 2.75) is 38.1 Å². The third-order valence-corrected chi connectivity index (χ3v) is 9.37. The van der Waals surface area contributed by atoms with Gasteiger partial charge >= 0.3 is 0 Å². The highest BCUT2D eigenvalue weighted by molar-refractivity contribution is 6.23. The first-order chi connectivity index (χ1) is 19.4. The molecule has 4 saturated heterocycles. The van der Waals surface area contributed by atoms with Crippen LogP contribution in [0.2, 0.25) is 0 Å². The predicted octanol–water partition coefficient (Wildman–Crippen LogP) is 0.321. The van der Waals surface area contributed by atoms with Crippen LogP contribution in [0.3, 0.4) is 0 Å². The van der Waals surface area contributed by atoms with Crippen LogP contribution in [0.4, 0.5) is 5.69 Å². The summed E-state index contributed by atoms with van der Waals surface area (Å²) >= 11 is 0. The van der Waals surface area contributed by atoms with Crippen molar-refractivity contribution in [1.29, 1.82) is 0 Å². The smallest absolute Gasteiger partial charge is 0.262 e. The van der Waals surface area contributed by atoms with E-state index in [0.717, 1.165) is 68.9 Å². The number of imide groups is 2. The lowest BCUT2D eigenvalue weighted by Gasteiger charge is -2.49. The summed E-state index contributed by atoms with van der Waals surface area (Å²) in [6, 6.07) is 4.46. The number of hydrogen-bond donors (Lipinski definition) is 2. The molecule has 2 N–H and O–H groups in total. The molecule has 0 aliphatic carbocycles. The van der Waals surface area contributed by atoms with Gasteiger partial charge in [-0.15, -0.1) is 0 Å². The summed E-state index contributed by atoms with van der Waals surface area (Å²) < 4.78 is 5.41. The Kier molecular flexibility index (Phi) is 7.64. The van der Waals surface area contributed by atoms with Gasteiger partial charge in [0.2, 0.25) is 11.8 Å². The molecular weight excluding hydrogens is 514 g/mol. The second-order valence-electron chi connectivity index (χ2n) is 12.1. The Labute approximate surface area is 234 Å². The Hall–Kier alpha value is -2.86. The minimum absolute atomic E-state index is 0.0797. The molecule has 11 heteroatoms. The molecule has 5 aliphatic heterocycles. The van der Waals surface area contributed by atoms with Gasteiger partial charge in [0, 0.05) is 50.2 Å². The van der Waals surface area contributed by atoms with Crippen molar-refractivity contribution in [1.82, 2.24) is 20.0 Å². The second-order valence-corrected chi connectivity index (χ2v) is 12.1. The van der Waals surface area contributed by atoms with E-state index in [1.165, 1.54) is 19.3 Å². The standard InChI is InChI=1S/C29H39N5O6/c35-12-14-40-13-11-31-8-5-20(6-9-31)16-32-10-7-29(17-32)18-33(19-29)21-1-2-22-23(15-21)28(39)34(27(22)38)24-3-4-25(36)30-26(24)37/h1-2,15,20,24,35H,3-14,16-19H2,(H,30,36,37). The summed E-state index contributed by atoms with van der Waals surface area (Å²) in [6.45, 7) is 9.60. The van der Waals surface area contributed by atoms with Gasteiger partial charge in [0.05, 0.1) is 30.9 Å². The van der Waals surface area contributed by atoms with Crippen LogP contribution in [0.15, 0.2) is 18.2 Å². The molecule has 1 atom stereocenters. The SMILES string of the molecule is O=C1CCC(N2C(=O)c3ccc(N4CC5(CCN(CC6CCN(CCOCCO)CC6)C5)C4)cc3C2=O)C(=O)N1. The minimum atomic E-state index is -0.941. The lowest BCUT2D eigenvalue weighted by molar-refractivity contribution is -0.136. The van der Waals surface area contributed by atoms with E-state index in [1.807, 2.05) is 6.07 Å². The second kappa shape index (κ2) is 11.2. The molecule has 40 heavy (non-hydrogen) atoms. The number of fused-ring (bicyclic) bond motifs is 1. The van der Waals surface area contributed by atoms with Crippen LogP contribution in [-0.2, 0) is 14.3 Å². The number of likely N-dealkylation sites (tertiary alicyclic amines) is 2. The molecule has 1 aromatic carbocycles. The van der Waals surface area contributed by atoms with Crippen LogP contribution in [-0.4, -0.2) is 122 Å². The monoisotopic (exact) mass is 553 g/mol. The number of aliphatic hydroxyl groups is 1. The minimum Gasteiger partial charge on any atom is -0.394 e. The van der Waals surface area contributed by atoms with Gasteiger partial charge in [0.1, 0.15) is 6.04 Å². The van der Waals surface area contributed by atoms with Crippen molar-refractivity contribution in [3.05, 3.63) is 29.3 Å². The summed E-state index contributed by atoms with van der Waals surface area (Å²) in [7, 11) is 0. The van der Waals surface area contributed by atoms with Gasteiger partial charge < -0.3 is 24.5 Å². The number of hydrogen-bond acceptors (Lipinski definition) is 9. The van der Waals surface area contributed by atoms with E-state index < -0.39 is 23.8 Å². The van der Waals surface area contributed by atoms with Crippen LogP contribution in [0.5, 0.6) is 0 Å². The number of anilines is 1. The number of carbonyl (C=O) groups is 4. The van der Waals surface area contributed by atoms with E-state index in [1.54, 1.807) is 12.1 Å². The maximum absolute atomic E-state index is 13.2. The van der Waals surface area contributed by atoms with E-state index in [9.17, 15) is 19.2 Å². The number of rotatable bonds is 9. The van der Waals surface area contributed by atoms with Gasteiger partial charge in [0.25, 0.3) is 11.8 Å². The highest BCUT2D eigenvalue weighted by atomic mass is 16.5. The quantitative estimate of drug-likeness (QED) is 0.329. The third kappa shape index (κ3) is 5.27. The number of nitrogens with zero attached hydrogens (tertiary/aromatic N) is 4. The Morgan fingerprint density at radius 1 is 0.925 bits per heavy atom. The number of amides is 4. The molecule has 0 radical (unpaired) electrons. The highest BCUT2D eigenvalue weighted by Gasteiger charge is 2.49. The van der Waals surface area contributed by atoms with Crippen molar-refractivity contribution >= 4 is 29.3 Å². The summed E-state index contributed by atoms with van der Waals surface area (Å²) in [5.74, 6) is -1.15. The number of benzene rings is 1. The van der Waals surface area contributed by atoms with E-state index in [4.69, 9.17) is 9.84 Å². The molecule has 0 saturated carbocycles. The maximum Gasteiger partial charge on any atom is 0.262 e. The molecule has 4 fully saturated rings. The van der Waals surface area contributed by atoms with Crippen LogP contribution in [0.1, 0.15) is 52.8 Å². The van der Waals surface area contributed by atoms with E-state index in [0.29, 0.717) is 24.3 Å². The fourth-order valence-electron chi connectivity index (χ4n) is 7.16. The molecule has 216 valence electrons. The maximum atomic E-state index is 13.2. The Bertz CT molecular complexity index is 1180. The number of aliphatic hydroxyl groups excluding tert-OH is 1. The van der Waals surface area contributed by atoms with Gasteiger partial charge in [-0.25, -0.2) is 0 Å².